The Labute approximate surface area is 114 Å². The number of hydrogen-bond acceptors (Lipinski definition) is 2. The van der Waals surface area contributed by atoms with Crippen molar-refractivity contribution in [2.45, 2.75) is 19.8 Å². The van der Waals surface area contributed by atoms with Crippen molar-refractivity contribution in [2.24, 2.45) is 5.92 Å². The van der Waals surface area contributed by atoms with Crippen molar-refractivity contribution >= 4 is 11.7 Å². The van der Waals surface area contributed by atoms with E-state index in [2.05, 4.69) is 13.0 Å². The van der Waals surface area contributed by atoms with Crippen LogP contribution in [0.3, 0.4) is 0 Å². The molecule has 100 valence electrons. The number of benzene rings is 1. The summed E-state index contributed by atoms with van der Waals surface area (Å²) in [6.45, 7) is 3.85. The first-order valence-electron chi connectivity index (χ1n) is 6.64. The monoisotopic (exact) mass is 257 g/mol. The van der Waals surface area contributed by atoms with E-state index in [9.17, 15) is 4.79 Å². The quantitative estimate of drug-likeness (QED) is 0.776. The van der Waals surface area contributed by atoms with E-state index in [1.165, 1.54) is 6.42 Å². The van der Waals surface area contributed by atoms with Crippen LogP contribution in [-0.2, 0) is 0 Å². The van der Waals surface area contributed by atoms with E-state index in [0.29, 0.717) is 11.5 Å². The Kier molecular flexibility index (Phi) is 4.06. The van der Waals surface area contributed by atoms with Gasteiger partial charge in [0.15, 0.2) is 0 Å². The molecule has 0 bridgehead atoms. The topological polar surface area (TPSA) is 47.3 Å². The van der Waals surface area contributed by atoms with Gasteiger partial charge in [0.25, 0.3) is 0 Å². The Morgan fingerprint density at radius 2 is 2.11 bits per heavy atom. The molecule has 1 heterocycles. The molecular formula is C15H19N3O. The van der Waals surface area contributed by atoms with E-state index >= 15 is 0 Å². The molecule has 0 N–H and O–H groups in total. The minimum absolute atomic E-state index is 0.0382. The number of carbonyl (C=O) groups is 1. The van der Waals surface area contributed by atoms with Crippen molar-refractivity contribution in [2.75, 3.05) is 25.0 Å². The van der Waals surface area contributed by atoms with Crippen molar-refractivity contribution in [3.63, 3.8) is 0 Å². The zero-order valence-corrected chi connectivity index (χ0v) is 11.5. The van der Waals surface area contributed by atoms with E-state index in [1.807, 2.05) is 17.0 Å². The van der Waals surface area contributed by atoms with Crippen LogP contribution in [0.2, 0.25) is 0 Å². The molecule has 4 nitrogen and oxygen atoms in total. The number of carbonyl (C=O) groups excluding carboxylic acids is 1. The highest BCUT2D eigenvalue weighted by atomic mass is 16.2. The highest BCUT2D eigenvalue weighted by Gasteiger charge is 2.24. The molecule has 1 fully saturated rings. The molecule has 0 spiro atoms. The minimum Gasteiger partial charge on any atom is -0.324 e. The summed E-state index contributed by atoms with van der Waals surface area (Å²) in [7, 11) is 1.78. The predicted octanol–water partition coefficient (Wildman–Crippen LogP) is 2.85. The summed E-state index contributed by atoms with van der Waals surface area (Å²) < 4.78 is 0. The normalized spacial score (nSPS) is 18.8. The van der Waals surface area contributed by atoms with Crippen LogP contribution in [0.25, 0.3) is 0 Å². The van der Waals surface area contributed by atoms with Crippen molar-refractivity contribution in [1.82, 2.24) is 4.90 Å². The maximum atomic E-state index is 12.4. The first kappa shape index (κ1) is 13.4. The Bertz CT molecular complexity index is 489. The van der Waals surface area contributed by atoms with Gasteiger partial charge < -0.3 is 4.90 Å². The Balaban J connectivity index is 2.07. The van der Waals surface area contributed by atoms with E-state index in [4.69, 9.17) is 5.26 Å². The largest absolute Gasteiger partial charge is 0.324 e. The zero-order valence-electron chi connectivity index (χ0n) is 11.5. The summed E-state index contributed by atoms with van der Waals surface area (Å²) in [5.74, 6) is 0.576. The van der Waals surface area contributed by atoms with Gasteiger partial charge >= 0.3 is 6.03 Å². The molecular weight excluding hydrogens is 238 g/mol. The Morgan fingerprint density at radius 3 is 2.68 bits per heavy atom. The maximum absolute atomic E-state index is 12.4. The smallest absolute Gasteiger partial charge is 0.324 e. The van der Waals surface area contributed by atoms with Gasteiger partial charge in [-0.1, -0.05) is 6.92 Å². The van der Waals surface area contributed by atoms with Gasteiger partial charge in [-0.3, -0.25) is 4.90 Å². The number of amides is 2. The standard InChI is InChI=1S/C15H19N3O/c1-12-4-3-9-18(11-12)15(19)17(2)14-7-5-13(10-16)6-8-14/h5-8,12H,3-4,9,11H2,1-2H3. The lowest BCUT2D eigenvalue weighted by atomic mass is 10.0. The molecule has 19 heavy (non-hydrogen) atoms. The van der Waals surface area contributed by atoms with Gasteiger partial charge in [0.2, 0.25) is 0 Å². The molecule has 1 saturated heterocycles. The molecule has 2 rings (SSSR count). The van der Waals surface area contributed by atoms with Crippen LogP contribution in [0.1, 0.15) is 25.3 Å². The number of anilines is 1. The van der Waals surface area contributed by atoms with Crippen LogP contribution >= 0.6 is 0 Å². The van der Waals surface area contributed by atoms with E-state index in [-0.39, 0.29) is 6.03 Å². The summed E-state index contributed by atoms with van der Waals surface area (Å²) in [6, 6.07) is 9.20. The molecule has 0 radical (unpaired) electrons. The summed E-state index contributed by atoms with van der Waals surface area (Å²) in [5.41, 5.74) is 1.43. The molecule has 4 heteroatoms. The lowest BCUT2D eigenvalue weighted by Crippen LogP contribution is -2.45. The average Bonchev–Trinajstić information content (AvgIpc) is 2.46. The van der Waals surface area contributed by atoms with Gasteiger partial charge in [-0.05, 0) is 43.0 Å². The van der Waals surface area contributed by atoms with Gasteiger partial charge in [0, 0.05) is 25.8 Å². The van der Waals surface area contributed by atoms with Gasteiger partial charge in [-0.15, -0.1) is 0 Å². The second kappa shape index (κ2) is 5.75. The average molecular weight is 257 g/mol. The molecule has 0 saturated carbocycles. The van der Waals surface area contributed by atoms with Crippen molar-refractivity contribution in [3.05, 3.63) is 29.8 Å². The molecule has 0 aromatic heterocycles. The molecule has 1 atom stereocenters. The number of rotatable bonds is 1. The van der Waals surface area contributed by atoms with Gasteiger partial charge in [-0.2, -0.15) is 5.26 Å². The molecule has 1 aliphatic rings. The Morgan fingerprint density at radius 1 is 1.42 bits per heavy atom. The number of nitrogens with zero attached hydrogens (tertiary/aromatic N) is 3. The Hall–Kier alpha value is -2.02. The fourth-order valence-corrected chi connectivity index (χ4v) is 2.45. The van der Waals surface area contributed by atoms with Gasteiger partial charge in [-0.25, -0.2) is 4.79 Å². The van der Waals surface area contributed by atoms with Crippen LogP contribution in [-0.4, -0.2) is 31.1 Å². The van der Waals surface area contributed by atoms with Crippen LogP contribution in [0.15, 0.2) is 24.3 Å². The lowest BCUT2D eigenvalue weighted by molar-refractivity contribution is 0.177. The van der Waals surface area contributed by atoms with Crippen LogP contribution in [0, 0.1) is 17.2 Å². The van der Waals surface area contributed by atoms with Gasteiger partial charge in [0.1, 0.15) is 0 Å². The molecule has 1 unspecified atom stereocenters. The highest BCUT2D eigenvalue weighted by Crippen LogP contribution is 2.20. The van der Waals surface area contributed by atoms with Gasteiger partial charge in [0.05, 0.1) is 11.6 Å². The fraction of sp³-hybridized carbons (Fsp3) is 0.467. The van der Waals surface area contributed by atoms with Crippen LogP contribution < -0.4 is 4.90 Å². The van der Waals surface area contributed by atoms with E-state index in [0.717, 1.165) is 25.2 Å². The third-order valence-electron chi connectivity index (χ3n) is 3.60. The number of likely N-dealkylation sites (tertiary alicyclic amines) is 1. The summed E-state index contributed by atoms with van der Waals surface area (Å²) in [5, 5.41) is 8.77. The van der Waals surface area contributed by atoms with Crippen LogP contribution in [0.4, 0.5) is 10.5 Å². The van der Waals surface area contributed by atoms with Crippen molar-refractivity contribution in [1.29, 1.82) is 5.26 Å². The molecule has 0 aliphatic carbocycles. The SMILES string of the molecule is CC1CCCN(C(=O)N(C)c2ccc(C#N)cc2)C1. The van der Waals surface area contributed by atoms with Crippen molar-refractivity contribution in [3.8, 4) is 6.07 Å². The number of nitriles is 1. The second-order valence-electron chi connectivity index (χ2n) is 5.19. The maximum Gasteiger partial charge on any atom is 0.324 e. The summed E-state index contributed by atoms with van der Waals surface area (Å²) in [4.78, 5) is 15.9. The summed E-state index contributed by atoms with van der Waals surface area (Å²) in [6.07, 6.45) is 2.28. The molecule has 1 aliphatic heterocycles. The minimum atomic E-state index is 0.0382. The lowest BCUT2D eigenvalue weighted by Gasteiger charge is -2.34. The predicted molar refractivity (Wildman–Crippen MR) is 74.9 cm³/mol. The first-order chi connectivity index (χ1) is 9.11. The molecule has 2 amide bonds. The summed E-state index contributed by atoms with van der Waals surface area (Å²) >= 11 is 0. The molecule has 1 aromatic carbocycles. The fourth-order valence-electron chi connectivity index (χ4n) is 2.45. The van der Waals surface area contributed by atoms with E-state index < -0.39 is 0 Å². The second-order valence-corrected chi connectivity index (χ2v) is 5.19. The number of piperidine rings is 1. The van der Waals surface area contributed by atoms with Crippen molar-refractivity contribution < 1.29 is 4.79 Å². The number of hydrogen-bond donors (Lipinski definition) is 0. The molecule has 1 aromatic rings. The third kappa shape index (κ3) is 3.05. The third-order valence-corrected chi connectivity index (χ3v) is 3.60. The zero-order chi connectivity index (χ0) is 13.8. The first-order valence-corrected chi connectivity index (χ1v) is 6.64. The van der Waals surface area contributed by atoms with Crippen LogP contribution in [0.5, 0.6) is 0 Å². The van der Waals surface area contributed by atoms with E-state index in [1.54, 1.807) is 24.1 Å². The highest BCUT2D eigenvalue weighted by molar-refractivity contribution is 5.91. The number of urea groups is 1.